The summed E-state index contributed by atoms with van der Waals surface area (Å²) in [7, 11) is 4.13. The normalized spacial score (nSPS) is 11.3. The first-order valence-electron chi connectivity index (χ1n) is 6.94. The monoisotopic (exact) mass is 299 g/mol. The van der Waals surface area contributed by atoms with E-state index < -0.39 is 5.97 Å². The van der Waals surface area contributed by atoms with Gasteiger partial charge in [0.25, 0.3) is 0 Å². The molecule has 0 fully saturated rings. The zero-order valence-electron chi connectivity index (χ0n) is 12.8. The van der Waals surface area contributed by atoms with Crippen LogP contribution < -0.4 is 4.90 Å². The van der Waals surface area contributed by atoms with Crippen LogP contribution in [0.5, 0.6) is 0 Å². The summed E-state index contributed by atoms with van der Waals surface area (Å²) in [5.74, 6) is -0.199. The van der Waals surface area contributed by atoms with Gasteiger partial charge in [-0.05, 0) is 20.0 Å². The minimum absolute atomic E-state index is 0.144. The number of aliphatic carboxylic acids is 1. The molecule has 0 spiro atoms. The fourth-order valence-electron chi connectivity index (χ4n) is 1.82. The zero-order chi connectivity index (χ0) is 15.1. The summed E-state index contributed by atoms with van der Waals surface area (Å²) < 4.78 is 0. The summed E-state index contributed by atoms with van der Waals surface area (Å²) in [5.41, 5.74) is 0.881. The van der Waals surface area contributed by atoms with Crippen molar-refractivity contribution in [2.75, 3.05) is 38.6 Å². The molecular formula is C14H25N3O2S. The first-order valence-corrected chi connectivity index (χ1v) is 7.82. The molecule has 0 aliphatic carbocycles. The summed E-state index contributed by atoms with van der Waals surface area (Å²) >= 11 is 1.61. The minimum Gasteiger partial charge on any atom is -0.481 e. The Labute approximate surface area is 125 Å². The van der Waals surface area contributed by atoms with Gasteiger partial charge in [-0.1, -0.05) is 13.8 Å². The Morgan fingerprint density at radius 3 is 2.65 bits per heavy atom. The van der Waals surface area contributed by atoms with Crippen LogP contribution in [0, 0.1) is 5.92 Å². The number of carboxylic acid groups (broad SMARTS) is 1. The molecule has 114 valence electrons. The maximum absolute atomic E-state index is 10.6. The lowest BCUT2D eigenvalue weighted by Crippen LogP contribution is -2.34. The lowest BCUT2D eigenvalue weighted by atomic mass is 10.2. The smallest absolute Gasteiger partial charge is 0.303 e. The Morgan fingerprint density at radius 1 is 1.40 bits per heavy atom. The molecule has 1 heterocycles. The quantitative estimate of drug-likeness (QED) is 0.757. The SMILES string of the molecule is CC(C)CN(CCN(C)C)c1nc(CCC(=O)O)cs1. The fourth-order valence-corrected chi connectivity index (χ4v) is 2.71. The first-order chi connectivity index (χ1) is 9.38. The van der Waals surface area contributed by atoms with Crippen LogP contribution in [0.25, 0.3) is 0 Å². The highest BCUT2D eigenvalue weighted by atomic mass is 32.1. The molecule has 0 atom stereocenters. The van der Waals surface area contributed by atoms with Crippen LogP contribution in [-0.4, -0.2) is 54.7 Å². The highest BCUT2D eigenvalue weighted by molar-refractivity contribution is 7.13. The molecule has 0 saturated heterocycles. The molecule has 0 saturated carbocycles. The van der Waals surface area contributed by atoms with E-state index >= 15 is 0 Å². The maximum Gasteiger partial charge on any atom is 0.303 e. The predicted molar refractivity (Wildman–Crippen MR) is 83.7 cm³/mol. The summed E-state index contributed by atoms with van der Waals surface area (Å²) in [4.78, 5) is 19.6. The van der Waals surface area contributed by atoms with Crippen molar-refractivity contribution in [1.29, 1.82) is 0 Å². The number of hydrogen-bond acceptors (Lipinski definition) is 5. The summed E-state index contributed by atoms with van der Waals surface area (Å²) in [6.07, 6.45) is 0.653. The predicted octanol–water partition coefficient (Wildman–Crippen LogP) is 2.18. The van der Waals surface area contributed by atoms with E-state index in [-0.39, 0.29) is 6.42 Å². The Hall–Kier alpha value is -1.14. The van der Waals surface area contributed by atoms with Crippen LogP contribution in [0.4, 0.5) is 5.13 Å². The van der Waals surface area contributed by atoms with Crippen LogP contribution in [-0.2, 0) is 11.2 Å². The molecule has 1 N–H and O–H groups in total. The van der Waals surface area contributed by atoms with Crippen LogP contribution >= 0.6 is 11.3 Å². The number of anilines is 1. The van der Waals surface area contributed by atoms with Gasteiger partial charge in [0.05, 0.1) is 12.1 Å². The van der Waals surface area contributed by atoms with Gasteiger partial charge in [-0.3, -0.25) is 4.79 Å². The fraction of sp³-hybridized carbons (Fsp3) is 0.714. The van der Waals surface area contributed by atoms with E-state index in [2.05, 4.69) is 42.7 Å². The number of aryl methyl sites for hydroxylation is 1. The van der Waals surface area contributed by atoms with Crippen molar-refractivity contribution in [3.63, 3.8) is 0 Å². The molecule has 1 rings (SSSR count). The van der Waals surface area contributed by atoms with Crippen LogP contribution in [0.3, 0.4) is 0 Å². The average Bonchev–Trinajstić information content (AvgIpc) is 2.80. The second kappa shape index (κ2) is 8.21. The van der Waals surface area contributed by atoms with E-state index in [4.69, 9.17) is 5.11 Å². The summed E-state index contributed by atoms with van der Waals surface area (Å²) in [5, 5.41) is 11.7. The number of hydrogen-bond donors (Lipinski definition) is 1. The Morgan fingerprint density at radius 2 is 2.10 bits per heavy atom. The first kappa shape index (κ1) is 16.9. The van der Waals surface area contributed by atoms with Crippen LogP contribution in [0.2, 0.25) is 0 Å². The Bertz CT molecular complexity index is 418. The van der Waals surface area contributed by atoms with Crippen molar-refractivity contribution >= 4 is 22.4 Å². The third-order valence-corrected chi connectivity index (χ3v) is 3.76. The molecule has 5 nitrogen and oxygen atoms in total. The second-order valence-corrected chi connectivity index (χ2v) is 6.49. The molecule has 0 aliphatic heterocycles. The molecule has 0 aromatic carbocycles. The van der Waals surface area contributed by atoms with E-state index in [1.807, 2.05) is 5.38 Å². The van der Waals surface area contributed by atoms with Gasteiger partial charge in [-0.2, -0.15) is 0 Å². The number of nitrogens with zero attached hydrogens (tertiary/aromatic N) is 3. The van der Waals surface area contributed by atoms with E-state index in [1.165, 1.54) is 0 Å². The minimum atomic E-state index is -0.772. The van der Waals surface area contributed by atoms with Gasteiger partial charge in [0, 0.05) is 31.4 Å². The highest BCUT2D eigenvalue weighted by Gasteiger charge is 2.13. The Balaban J connectivity index is 2.66. The number of likely N-dealkylation sites (N-methyl/N-ethyl adjacent to an activating group) is 1. The van der Waals surface area contributed by atoms with E-state index in [9.17, 15) is 4.79 Å². The molecule has 1 aromatic heterocycles. The number of rotatable bonds is 9. The standard InChI is InChI=1S/C14H25N3O2S/c1-11(2)9-17(8-7-16(3)4)14-15-12(10-20-14)5-6-13(18)19/h10-11H,5-9H2,1-4H3,(H,18,19). The van der Waals surface area contributed by atoms with E-state index in [0.717, 1.165) is 30.5 Å². The molecule has 20 heavy (non-hydrogen) atoms. The van der Waals surface area contributed by atoms with Crippen LogP contribution in [0.15, 0.2) is 5.38 Å². The molecular weight excluding hydrogens is 274 g/mol. The van der Waals surface area contributed by atoms with Crippen molar-refractivity contribution in [3.8, 4) is 0 Å². The summed E-state index contributed by atoms with van der Waals surface area (Å²) in [6.45, 7) is 7.29. The number of carboxylic acids is 1. The number of carbonyl (C=O) groups is 1. The number of aromatic nitrogens is 1. The van der Waals surface area contributed by atoms with Gasteiger partial charge in [0.15, 0.2) is 5.13 Å². The van der Waals surface area contributed by atoms with Crippen molar-refractivity contribution < 1.29 is 9.90 Å². The average molecular weight is 299 g/mol. The molecule has 0 amide bonds. The van der Waals surface area contributed by atoms with Crippen molar-refractivity contribution in [3.05, 3.63) is 11.1 Å². The van der Waals surface area contributed by atoms with Gasteiger partial charge in [0.2, 0.25) is 0 Å². The molecule has 0 unspecified atom stereocenters. The van der Waals surface area contributed by atoms with Gasteiger partial charge < -0.3 is 14.9 Å². The molecule has 1 aromatic rings. The summed E-state index contributed by atoms with van der Waals surface area (Å²) in [6, 6.07) is 0. The lowest BCUT2D eigenvalue weighted by Gasteiger charge is -2.25. The third-order valence-electron chi connectivity index (χ3n) is 2.81. The van der Waals surface area contributed by atoms with Gasteiger partial charge in [-0.15, -0.1) is 11.3 Å². The van der Waals surface area contributed by atoms with Gasteiger partial charge in [0.1, 0.15) is 0 Å². The Kier molecular flexibility index (Phi) is 6.95. The molecule has 6 heteroatoms. The number of thiazole rings is 1. The lowest BCUT2D eigenvalue weighted by molar-refractivity contribution is -0.136. The third kappa shape index (κ3) is 6.34. The zero-order valence-corrected chi connectivity index (χ0v) is 13.6. The molecule has 0 aliphatic rings. The van der Waals surface area contributed by atoms with E-state index in [1.54, 1.807) is 11.3 Å². The van der Waals surface area contributed by atoms with E-state index in [0.29, 0.717) is 12.3 Å². The molecule has 0 bridgehead atoms. The topological polar surface area (TPSA) is 56.7 Å². The maximum atomic E-state index is 10.6. The van der Waals surface area contributed by atoms with Gasteiger partial charge in [-0.25, -0.2) is 4.98 Å². The highest BCUT2D eigenvalue weighted by Crippen LogP contribution is 2.22. The van der Waals surface area contributed by atoms with Gasteiger partial charge >= 0.3 is 5.97 Å². The largest absolute Gasteiger partial charge is 0.481 e. The van der Waals surface area contributed by atoms with Crippen LogP contribution in [0.1, 0.15) is 26.0 Å². The molecule has 0 radical (unpaired) electrons. The second-order valence-electron chi connectivity index (χ2n) is 5.66. The van der Waals surface area contributed by atoms with Crippen molar-refractivity contribution in [2.24, 2.45) is 5.92 Å². The van der Waals surface area contributed by atoms with Crippen molar-refractivity contribution in [2.45, 2.75) is 26.7 Å². The van der Waals surface area contributed by atoms with Crippen molar-refractivity contribution in [1.82, 2.24) is 9.88 Å².